The van der Waals surface area contributed by atoms with Gasteiger partial charge in [0.1, 0.15) is 18.4 Å². The third-order valence-corrected chi connectivity index (χ3v) is 2.88. The number of halogens is 4. The lowest BCUT2D eigenvalue weighted by atomic mass is 10.1. The molecule has 8 heteroatoms. The molecule has 108 valence electrons. The van der Waals surface area contributed by atoms with Crippen molar-refractivity contribution in [2.24, 2.45) is 0 Å². The van der Waals surface area contributed by atoms with E-state index in [4.69, 9.17) is 0 Å². The van der Waals surface area contributed by atoms with Crippen LogP contribution in [0.15, 0.2) is 18.2 Å². The van der Waals surface area contributed by atoms with E-state index >= 15 is 0 Å². The normalized spacial score (nSPS) is 20.1. The minimum absolute atomic E-state index is 0.512. The smallest absolute Gasteiger partial charge is 0.343 e. The van der Waals surface area contributed by atoms with Crippen molar-refractivity contribution in [1.29, 1.82) is 0 Å². The summed E-state index contributed by atoms with van der Waals surface area (Å²) in [6, 6.07) is 0.822. The van der Waals surface area contributed by atoms with Crippen molar-refractivity contribution in [3.63, 3.8) is 0 Å². The maximum absolute atomic E-state index is 13.7. The van der Waals surface area contributed by atoms with Gasteiger partial charge in [-0.05, 0) is 25.1 Å². The summed E-state index contributed by atoms with van der Waals surface area (Å²) in [5.74, 6) is -2.22. The number of rotatable bonds is 1. The highest BCUT2D eigenvalue weighted by Gasteiger charge is 2.35. The van der Waals surface area contributed by atoms with Crippen molar-refractivity contribution < 1.29 is 27.2 Å². The molecule has 0 aromatic heterocycles. The number of alkyl halides is 3. The molecular weight excluding hydrogens is 280 g/mol. The number of anilines is 1. The van der Waals surface area contributed by atoms with Crippen LogP contribution in [0.3, 0.4) is 0 Å². The second-order valence-electron chi connectivity index (χ2n) is 4.38. The average Bonchev–Trinajstić information content (AvgIpc) is 2.33. The maximum Gasteiger partial charge on any atom is 0.416 e. The summed E-state index contributed by atoms with van der Waals surface area (Å²) in [5.41, 5.74) is -1.63. The van der Waals surface area contributed by atoms with Gasteiger partial charge in [-0.25, -0.2) is 4.39 Å². The summed E-state index contributed by atoms with van der Waals surface area (Å²) in [6.45, 7) is 0.860. The molecule has 1 aromatic carbocycles. The van der Waals surface area contributed by atoms with Gasteiger partial charge in [0.2, 0.25) is 11.8 Å². The Morgan fingerprint density at radius 3 is 2.55 bits per heavy atom. The van der Waals surface area contributed by atoms with Crippen LogP contribution in [-0.4, -0.2) is 24.4 Å². The number of amides is 2. The molecule has 0 radical (unpaired) electrons. The van der Waals surface area contributed by atoms with E-state index in [9.17, 15) is 27.2 Å². The van der Waals surface area contributed by atoms with Gasteiger partial charge in [0, 0.05) is 0 Å². The van der Waals surface area contributed by atoms with Gasteiger partial charge >= 0.3 is 6.18 Å². The van der Waals surface area contributed by atoms with Gasteiger partial charge in [-0.3, -0.25) is 14.5 Å². The predicted molar refractivity (Wildman–Crippen MR) is 61.4 cm³/mol. The summed E-state index contributed by atoms with van der Waals surface area (Å²) >= 11 is 0. The van der Waals surface area contributed by atoms with Gasteiger partial charge in [-0.1, -0.05) is 0 Å². The summed E-state index contributed by atoms with van der Waals surface area (Å²) in [6.07, 6.45) is -4.66. The largest absolute Gasteiger partial charge is 0.416 e. The molecule has 1 aliphatic heterocycles. The van der Waals surface area contributed by atoms with Crippen LogP contribution < -0.4 is 10.2 Å². The first-order valence-corrected chi connectivity index (χ1v) is 5.67. The van der Waals surface area contributed by atoms with E-state index in [0.717, 1.165) is 0 Å². The Morgan fingerprint density at radius 2 is 1.95 bits per heavy atom. The van der Waals surface area contributed by atoms with Gasteiger partial charge in [0.15, 0.2) is 0 Å². The van der Waals surface area contributed by atoms with Crippen LogP contribution in [0.1, 0.15) is 12.5 Å². The first-order valence-electron chi connectivity index (χ1n) is 5.67. The molecule has 0 bridgehead atoms. The van der Waals surface area contributed by atoms with Crippen molar-refractivity contribution in [2.45, 2.75) is 19.1 Å². The molecule has 1 saturated heterocycles. The van der Waals surface area contributed by atoms with Gasteiger partial charge in [-0.2, -0.15) is 13.2 Å². The molecule has 4 nitrogen and oxygen atoms in total. The lowest BCUT2D eigenvalue weighted by molar-refractivity contribution is -0.137. The topological polar surface area (TPSA) is 49.4 Å². The van der Waals surface area contributed by atoms with E-state index in [0.29, 0.717) is 23.1 Å². The number of piperazine rings is 1. The quantitative estimate of drug-likeness (QED) is 0.800. The molecule has 1 heterocycles. The predicted octanol–water partition coefficient (Wildman–Crippen LogP) is 1.70. The zero-order valence-electron chi connectivity index (χ0n) is 10.3. The van der Waals surface area contributed by atoms with Crippen LogP contribution >= 0.6 is 0 Å². The highest BCUT2D eigenvalue weighted by molar-refractivity contribution is 6.06. The number of hydrogen-bond donors (Lipinski definition) is 1. The van der Waals surface area contributed by atoms with Crippen LogP contribution in [0.25, 0.3) is 0 Å². The van der Waals surface area contributed by atoms with Gasteiger partial charge in [0.05, 0.1) is 11.3 Å². The summed E-state index contributed by atoms with van der Waals surface area (Å²) in [4.78, 5) is 23.9. The lowest BCUT2D eigenvalue weighted by Crippen LogP contribution is -2.57. The van der Waals surface area contributed by atoms with Crippen LogP contribution in [0.4, 0.5) is 23.2 Å². The number of nitrogens with zero attached hydrogens (tertiary/aromatic N) is 1. The summed E-state index contributed by atoms with van der Waals surface area (Å²) in [7, 11) is 0. The molecule has 0 saturated carbocycles. The molecule has 1 atom stereocenters. The Kier molecular flexibility index (Phi) is 3.41. The van der Waals surface area contributed by atoms with Crippen molar-refractivity contribution in [3.8, 4) is 0 Å². The molecule has 2 amide bonds. The second kappa shape index (κ2) is 4.77. The molecule has 1 fully saturated rings. The Labute approximate surface area is 111 Å². The number of carbonyl (C=O) groups excluding carboxylic acids is 2. The highest BCUT2D eigenvalue weighted by Crippen LogP contribution is 2.33. The van der Waals surface area contributed by atoms with E-state index in [-0.39, 0.29) is 0 Å². The summed E-state index contributed by atoms with van der Waals surface area (Å²) in [5, 5.41) is 2.32. The highest BCUT2D eigenvalue weighted by atomic mass is 19.4. The number of hydrogen-bond acceptors (Lipinski definition) is 2. The molecular formula is C12H10F4N2O2. The molecule has 20 heavy (non-hydrogen) atoms. The standard InChI is InChI=1S/C12H10F4N2O2/c1-6-11(20)18(5-10(19)17-6)9-4-7(12(14,15)16)2-3-8(9)13/h2-4,6H,5H2,1H3,(H,17,19). The van der Waals surface area contributed by atoms with Crippen LogP contribution in [0, 0.1) is 5.82 Å². The zero-order chi connectivity index (χ0) is 15.1. The molecule has 2 rings (SSSR count). The van der Waals surface area contributed by atoms with E-state index in [1.807, 2.05) is 0 Å². The second-order valence-corrected chi connectivity index (χ2v) is 4.38. The Hall–Kier alpha value is -2.12. The minimum Gasteiger partial charge on any atom is -0.343 e. The van der Waals surface area contributed by atoms with Crippen LogP contribution in [0.5, 0.6) is 0 Å². The lowest BCUT2D eigenvalue weighted by Gasteiger charge is -2.31. The molecule has 0 aliphatic carbocycles. The summed E-state index contributed by atoms with van der Waals surface area (Å²) < 4.78 is 51.5. The van der Waals surface area contributed by atoms with Crippen LogP contribution in [-0.2, 0) is 15.8 Å². The molecule has 1 aliphatic rings. The fourth-order valence-corrected chi connectivity index (χ4v) is 1.90. The monoisotopic (exact) mass is 290 g/mol. The molecule has 1 unspecified atom stereocenters. The van der Waals surface area contributed by atoms with Crippen molar-refractivity contribution in [1.82, 2.24) is 5.32 Å². The zero-order valence-corrected chi connectivity index (χ0v) is 10.3. The third kappa shape index (κ3) is 2.59. The number of nitrogens with one attached hydrogen (secondary N) is 1. The van der Waals surface area contributed by atoms with Crippen molar-refractivity contribution in [3.05, 3.63) is 29.6 Å². The molecule has 0 spiro atoms. The molecule has 1 aromatic rings. The fraction of sp³-hybridized carbons (Fsp3) is 0.333. The molecule has 1 N–H and O–H groups in total. The van der Waals surface area contributed by atoms with E-state index < -0.39 is 47.6 Å². The first-order chi connectivity index (χ1) is 9.20. The van der Waals surface area contributed by atoms with Gasteiger partial charge < -0.3 is 5.32 Å². The average molecular weight is 290 g/mol. The van der Waals surface area contributed by atoms with Crippen molar-refractivity contribution >= 4 is 17.5 Å². The third-order valence-electron chi connectivity index (χ3n) is 2.88. The van der Waals surface area contributed by atoms with Crippen molar-refractivity contribution in [2.75, 3.05) is 11.4 Å². The van der Waals surface area contributed by atoms with Gasteiger partial charge in [0.25, 0.3) is 0 Å². The van der Waals surface area contributed by atoms with E-state index in [2.05, 4.69) is 5.32 Å². The van der Waals surface area contributed by atoms with E-state index in [1.54, 1.807) is 0 Å². The maximum atomic E-state index is 13.7. The first kappa shape index (κ1) is 14.3. The Bertz CT molecular complexity index is 571. The minimum atomic E-state index is -4.66. The fourth-order valence-electron chi connectivity index (χ4n) is 1.90. The van der Waals surface area contributed by atoms with Gasteiger partial charge in [-0.15, -0.1) is 0 Å². The Balaban J connectivity index is 2.45. The SMILES string of the molecule is CC1NC(=O)CN(c2cc(C(F)(F)F)ccc2F)C1=O. The van der Waals surface area contributed by atoms with Crippen LogP contribution in [0.2, 0.25) is 0 Å². The Morgan fingerprint density at radius 1 is 1.30 bits per heavy atom. The number of benzene rings is 1. The van der Waals surface area contributed by atoms with E-state index in [1.165, 1.54) is 6.92 Å². The number of carbonyl (C=O) groups is 2.